The van der Waals surface area contributed by atoms with Gasteiger partial charge < -0.3 is 29.9 Å². The Hall–Kier alpha value is -2.13. The quantitative estimate of drug-likeness (QED) is 0.455. The Morgan fingerprint density at radius 2 is 1.97 bits per heavy atom. The number of allylic oxidation sites excluding steroid dienone is 1. The summed E-state index contributed by atoms with van der Waals surface area (Å²) < 4.78 is 11.3. The van der Waals surface area contributed by atoms with Crippen LogP contribution in [0.4, 0.5) is 4.79 Å². The zero-order valence-electron chi connectivity index (χ0n) is 18.6. The van der Waals surface area contributed by atoms with Gasteiger partial charge in [0, 0.05) is 13.0 Å². The summed E-state index contributed by atoms with van der Waals surface area (Å²) in [6.45, 7) is 12.3. The van der Waals surface area contributed by atoms with Crippen LogP contribution in [0.1, 0.15) is 60.3 Å². The van der Waals surface area contributed by atoms with Gasteiger partial charge in [-0.05, 0) is 47.0 Å². The van der Waals surface area contributed by atoms with Gasteiger partial charge in [0.2, 0.25) is 5.91 Å². The maximum atomic E-state index is 13.3. The van der Waals surface area contributed by atoms with Crippen molar-refractivity contribution in [2.45, 2.75) is 96.3 Å². The van der Waals surface area contributed by atoms with E-state index in [2.05, 4.69) is 11.9 Å². The van der Waals surface area contributed by atoms with E-state index in [1.807, 2.05) is 13.8 Å². The second-order valence-corrected chi connectivity index (χ2v) is 8.62. The van der Waals surface area contributed by atoms with E-state index in [1.54, 1.807) is 26.8 Å². The monoisotopic (exact) mass is 428 g/mol. The molecule has 1 fully saturated rings. The zero-order valence-corrected chi connectivity index (χ0v) is 18.6. The van der Waals surface area contributed by atoms with Crippen molar-refractivity contribution < 1.29 is 34.1 Å². The maximum Gasteiger partial charge on any atom is 0.408 e. The largest absolute Gasteiger partial charge is 0.480 e. The maximum absolute atomic E-state index is 13.3. The topological polar surface area (TPSA) is 125 Å². The van der Waals surface area contributed by atoms with Gasteiger partial charge in [-0.25, -0.2) is 9.59 Å². The summed E-state index contributed by atoms with van der Waals surface area (Å²) in [5.74, 6) is -1.82. The van der Waals surface area contributed by atoms with Crippen LogP contribution >= 0.6 is 0 Å². The van der Waals surface area contributed by atoms with E-state index < -0.39 is 47.9 Å². The van der Waals surface area contributed by atoms with Crippen molar-refractivity contribution >= 4 is 18.0 Å². The number of ether oxygens (including phenoxy) is 2. The number of aliphatic hydroxyl groups is 1. The number of hydrogen-bond donors (Lipinski definition) is 3. The van der Waals surface area contributed by atoms with Gasteiger partial charge >= 0.3 is 12.1 Å². The van der Waals surface area contributed by atoms with Crippen LogP contribution in [0.15, 0.2) is 12.7 Å². The molecule has 0 aromatic carbocycles. The summed E-state index contributed by atoms with van der Waals surface area (Å²) in [5, 5.41) is 21.9. The molecule has 0 spiro atoms. The summed E-state index contributed by atoms with van der Waals surface area (Å²) in [4.78, 5) is 38.4. The van der Waals surface area contributed by atoms with Crippen molar-refractivity contribution in [3.8, 4) is 0 Å². The summed E-state index contributed by atoms with van der Waals surface area (Å²) in [7, 11) is 0. The first kappa shape index (κ1) is 25.9. The van der Waals surface area contributed by atoms with Crippen molar-refractivity contribution in [1.82, 2.24) is 10.2 Å². The summed E-state index contributed by atoms with van der Waals surface area (Å²) >= 11 is 0. The molecule has 0 bridgehead atoms. The van der Waals surface area contributed by atoms with Gasteiger partial charge in [0.15, 0.2) is 0 Å². The molecule has 0 aromatic heterocycles. The molecule has 9 nitrogen and oxygen atoms in total. The number of nitrogens with one attached hydrogen (secondary N) is 1. The van der Waals surface area contributed by atoms with Crippen molar-refractivity contribution in [3.63, 3.8) is 0 Å². The molecule has 172 valence electrons. The van der Waals surface area contributed by atoms with Gasteiger partial charge in [-0.3, -0.25) is 4.79 Å². The second kappa shape index (κ2) is 11.3. The van der Waals surface area contributed by atoms with Crippen LogP contribution in [-0.4, -0.2) is 75.6 Å². The lowest BCUT2D eigenvalue weighted by Crippen LogP contribution is -2.58. The van der Waals surface area contributed by atoms with E-state index in [-0.39, 0.29) is 19.1 Å². The average Bonchev–Trinajstić information content (AvgIpc) is 3.02. The molecule has 1 rings (SSSR count). The fraction of sp³-hybridized carbons (Fsp3) is 0.762. The highest BCUT2D eigenvalue weighted by Crippen LogP contribution is 2.22. The Morgan fingerprint density at radius 3 is 2.47 bits per heavy atom. The van der Waals surface area contributed by atoms with Crippen LogP contribution < -0.4 is 5.32 Å². The first-order valence-electron chi connectivity index (χ1n) is 10.4. The van der Waals surface area contributed by atoms with Crippen LogP contribution in [0.25, 0.3) is 0 Å². The SMILES string of the molecule is C=CCCC(C)O[C@@H](CC)[C@H](NC(=O)OC(C)(C)C)C(=O)N1CC(O)CC1C(=O)O. The van der Waals surface area contributed by atoms with Crippen molar-refractivity contribution in [2.75, 3.05) is 6.54 Å². The lowest BCUT2D eigenvalue weighted by molar-refractivity contribution is -0.151. The molecule has 5 atom stereocenters. The predicted molar refractivity (Wildman–Crippen MR) is 111 cm³/mol. The Kier molecular flexibility index (Phi) is 9.77. The summed E-state index contributed by atoms with van der Waals surface area (Å²) in [6, 6.07) is -2.31. The molecule has 0 saturated carbocycles. The van der Waals surface area contributed by atoms with Gasteiger partial charge in [-0.1, -0.05) is 13.0 Å². The smallest absolute Gasteiger partial charge is 0.408 e. The third-order valence-corrected chi connectivity index (χ3v) is 4.74. The van der Waals surface area contributed by atoms with Crippen molar-refractivity contribution in [2.24, 2.45) is 0 Å². The number of aliphatic carboxylic acids is 1. The number of carbonyl (C=O) groups excluding carboxylic acids is 2. The number of likely N-dealkylation sites (tertiary alicyclic amines) is 1. The first-order valence-corrected chi connectivity index (χ1v) is 10.4. The minimum Gasteiger partial charge on any atom is -0.480 e. The van der Waals surface area contributed by atoms with E-state index in [9.17, 15) is 24.6 Å². The number of nitrogens with zero attached hydrogens (tertiary/aromatic N) is 1. The molecular weight excluding hydrogens is 392 g/mol. The molecule has 1 aliphatic rings. The Morgan fingerprint density at radius 1 is 1.33 bits per heavy atom. The molecule has 1 aliphatic heterocycles. The van der Waals surface area contributed by atoms with E-state index >= 15 is 0 Å². The molecular formula is C21H36N2O7. The van der Waals surface area contributed by atoms with Gasteiger partial charge in [0.05, 0.1) is 18.3 Å². The third-order valence-electron chi connectivity index (χ3n) is 4.74. The fourth-order valence-electron chi connectivity index (χ4n) is 3.35. The number of hydrogen-bond acceptors (Lipinski definition) is 6. The third kappa shape index (κ3) is 7.95. The Bertz CT molecular complexity index is 617. The molecule has 9 heteroatoms. The molecule has 1 heterocycles. The zero-order chi connectivity index (χ0) is 23.1. The lowest BCUT2D eigenvalue weighted by atomic mass is 10.1. The summed E-state index contributed by atoms with van der Waals surface area (Å²) in [6.07, 6.45) is 0.888. The molecule has 30 heavy (non-hydrogen) atoms. The van der Waals surface area contributed by atoms with Crippen molar-refractivity contribution in [3.05, 3.63) is 12.7 Å². The molecule has 0 aliphatic carbocycles. The highest BCUT2D eigenvalue weighted by Gasteiger charge is 2.44. The van der Waals surface area contributed by atoms with E-state index in [1.165, 1.54) is 0 Å². The number of alkyl carbamates (subject to hydrolysis) is 1. The predicted octanol–water partition coefficient (Wildman–Crippen LogP) is 2.08. The molecule has 3 unspecified atom stereocenters. The van der Waals surface area contributed by atoms with Crippen LogP contribution in [0.3, 0.4) is 0 Å². The normalized spacial score (nSPS) is 22.1. The van der Waals surface area contributed by atoms with Crippen molar-refractivity contribution in [1.29, 1.82) is 0 Å². The van der Waals surface area contributed by atoms with Gasteiger partial charge in [-0.15, -0.1) is 6.58 Å². The first-order chi connectivity index (χ1) is 13.9. The standard InChI is InChI=1S/C21H36N2O7/c1-7-9-10-13(3)29-16(8-2)17(22-20(28)30-21(4,5)6)18(25)23-12-14(24)11-15(23)19(26)27/h7,13-17,24H,1,8-12H2,2-6H3,(H,22,28)(H,26,27)/t13?,14?,15?,16-,17-/m0/s1. The van der Waals surface area contributed by atoms with E-state index in [4.69, 9.17) is 9.47 Å². The van der Waals surface area contributed by atoms with Gasteiger partial charge in [0.25, 0.3) is 0 Å². The second-order valence-electron chi connectivity index (χ2n) is 8.62. The van der Waals surface area contributed by atoms with Crippen LogP contribution in [0.2, 0.25) is 0 Å². The van der Waals surface area contributed by atoms with Gasteiger partial charge in [0.1, 0.15) is 17.7 Å². The number of carbonyl (C=O) groups is 3. The van der Waals surface area contributed by atoms with E-state index in [0.29, 0.717) is 12.8 Å². The minimum absolute atomic E-state index is 0.0619. The minimum atomic E-state index is -1.20. The number of amides is 2. The number of carboxylic acids is 1. The average molecular weight is 429 g/mol. The summed E-state index contributed by atoms with van der Waals surface area (Å²) in [5.41, 5.74) is -0.773. The lowest BCUT2D eigenvalue weighted by Gasteiger charge is -2.33. The molecule has 0 radical (unpaired) electrons. The van der Waals surface area contributed by atoms with Gasteiger partial charge in [-0.2, -0.15) is 0 Å². The molecule has 3 N–H and O–H groups in total. The Labute approximate surface area is 178 Å². The van der Waals surface area contributed by atoms with Crippen LogP contribution in [0.5, 0.6) is 0 Å². The highest BCUT2D eigenvalue weighted by atomic mass is 16.6. The molecule has 2 amide bonds. The number of carboxylic acid groups (broad SMARTS) is 1. The van der Waals surface area contributed by atoms with E-state index in [0.717, 1.165) is 11.3 Å². The number of aliphatic hydroxyl groups excluding tert-OH is 1. The fourth-order valence-corrected chi connectivity index (χ4v) is 3.35. The molecule has 0 aromatic rings. The van der Waals surface area contributed by atoms with Crippen LogP contribution in [0, 0.1) is 0 Å². The highest BCUT2D eigenvalue weighted by molar-refractivity contribution is 5.90. The number of β-amino-alcohol motifs (C(OH)–C–C–N with tert-alkyl or cyclic N) is 1. The number of rotatable bonds is 10. The Balaban J connectivity index is 3.11. The van der Waals surface area contributed by atoms with Crippen LogP contribution in [-0.2, 0) is 19.1 Å². The molecule has 1 saturated heterocycles.